The summed E-state index contributed by atoms with van der Waals surface area (Å²) in [7, 11) is 3.17. The van der Waals surface area contributed by atoms with Crippen molar-refractivity contribution in [1.82, 2.24) is 10.3 Å². The maximum atomic E-state index is 12.9. The van der Waals surface area contributed by atoms with E-state index in [-0.39, 0.29) is 18.4 Å². The van der Waals surface area contributed by atoms with E-state index in [4.69, 9.17) is 9.47 Å². The summed E-state index contributed by atoms with van der Waals surface area (Å²) in [5.41, 5.74) is 5.23. The smallest absolute Gasteiger partial charge is 0.225 e. The summed E-state index contributed by atoms with van der Waals surface area (Å²) in [6, 6.07) is 15.3. The van der Waals surface area contributed by atoms with Gasteiger partial charge in [0.2, 0.25) is 5.91 Å². The first-order valence-electron chi connectivity index (χ1n) is 9.49. The summed E-state index contributed by atoms with van der Waals surface area (Å²) in [4.78, 5) is 17.1. The molecule has 29 heavy (non-hydrogen) atoms. The second-order valence-electron chi connectivity index (χ2n) is 7.00. The number of amides is 1. The largest absolute Gasteiger partial charge is 0.493 e. The number of ether oxygens (including phenoxy) is 2. The van der Waals surface area contributed by atoms with Gasteiger partial charge in [0.05, 0.1) is 26.7 Å². The van der Waals surface area contributed by atoms with Crippen molar-refractivity contribution in [2.75, 3.05) is 14.2 Å². The van der Waals surface area contributed by atoms with Crippen LogP contribution in [0.3, 0.4) is 0 Å². The Bertz CT molecular complexity index is 987. The SMILES string of the molecule is COc1ccc(CC(=O)N[C@@H](c2cccnc2)c2ccc(C)c(C)c2)cc1OC. The van der Waals surface area contributed by atoms with Crippen molar-refractivity contribution in [1.29, 1.82) is 0 Å². The Kier molecular flexibility index (Phi) is 6.50. The molecule has 150 valence electrons. The maximum Gasteiger partial charge on any atom is 0.225 e. The lowest BCUT2D eigenvalue weighted by molar-refractivity contribution is -0.120. The summed E-state index contributed by atoms with van der Waals surface area (Å²) in [5, 5.41) is 3.16. The molecule has 0 saturated carbocycles. The average molecular weight is 390 g/mol. The van der Waals surface area contributed by atoms with Gasteiger partial charge in [-0.1, -0.05) is 30.3 Å². The first kappa shape index (κ1) is 20.4. The minimum atomic E-state index is -0.268. The molecule has 0 aliphatic rings. The van der Waals surface area contributed by atoms with Crippen molar-refractivity contribution in [3.8, 4) is 11.5 Å². The number of benzene rings is 2. The van der Waals surface area contributed by atoms with Crippen LogP contribution in [0.4, 0.5) is 0 Å². The summed E-state index contributed by atoms with van der Waals surface area (Å²) < 4.78 is 10.6. The van der Waals surface area contributed by atoms with Gasteiger partial charge in [0.15, 0.2) is 11.5 Å². The van der Waals surface area contributed by atoms with Gasteiger partial charge in [-0.15, -0.1) is 0 Å². The van der Waals surface area contributed by atoms with Crippen LogP contribution in [0, 0.1) is 13.8 Å². The van der Waals surface area contributed by atoms with Crippen molar-refractivity contribution >= 4 is 5.91 Å². The van der Waals surface area contributed by atoms with Gasteiger partial charge in [0.1, 0.15) is 0 Å². The van der Waals surface area contributed by atoms with Crippen molar-refractivity contribution in [2.45, 2.75) is 26.3 Å². The van der Waals surface area contributed by atoms with Crippen LogP contribution < -0.4 is 14.8 Å². The number of aromatic nitrogens is 1. The van der Waals surface area contributed by atoms with Gasteiger partial charge >= 0.3 is 0 Å². The molecule has 3 rings (SSSR count). The molecule has 1 aromatic heterocycles. The third-order valence-corrected chi connectivity index (χ3v) is 5.00. The van der Waals surface area contributed by atoms with Crippen LogP contribution in [0.2, 0.25) is 0 Å². The maximum absolute atomic E-state index is 12.9. The molecule has 1 amide bonds. The second kappa shape index (κ2) is 9.24. The first-order chi connectivity index (χ1) is 14.0. The van der Waals surface area contributed by atoms with Gasteiger partial charge < -0.3 is 14.8 Å². The zero-order valence-corrected chi connectivity index (χ0v) is 17.2. The number of nitrogens with zero attached hydrogens (tertiary/aromatic N) is 1. The van der Waals surface area contributed by atoms with Gasteiger partial charge in [-0.25, -0.2) is 0 Å². The predicted molar refractivity (Wildman–Crippen MR) is 113 cm³/mol. The lowest BCUT2D eigenvalue weighted by Gasteiger charge is -2.21. The Morgan fingerprint density at radius 1 is 0.966 bits per heavy atom. The van der Waals surface area contributed by atoms with Gasteiger partial charge in [0.25, 0.3) is 0 Å². The average Bonchev–Trinajstić information content (AvgIpc) is 2.74. The lowest BCUT2D eigenvalue weighted by Crippen LogP contribution is -2.30. The zero-order valence-electron chi connectivity index (χ0n) is 17.2. The number of carbonyl (C=O) groups is 1. The molecule has 0 unspecified atom stereocenters. The Morgan fingerprint density at radius 2 is 1.76 bits per heavy atom. The second-order valence-corrected chi connectivity index (χ2v) is 7.00. The molecule has 0 aliphatic heterocycles. The van der Waals surface area contributed by atoms with Crippen LogP contribution >= 0.6 is 0 Å². The molecule has 3 aromatic rings. The number of pyridine rings is 1. The molecule has 5 heteroatoms. The fourth-order valence-corrected chi connectivity index (χ4v) is 3.24. The molecule has 0 fully saturated rings. The number of hydrogen-bond acceptors (Lipinski definition) is 4. The van der Waals surface area contributed by atoms with E-state index >= 15 is 0 Å². The highest BCUT2D eigenvalue weighted by Crippen LogP contribution is 2.28. The van der Waals surface area contributed by atoms with Crippen molar-refractivity contribution in [3.05, 3.63) is 88.7 Å². The predicted octanol–water partition coefficient (Wildman–Crippen LogP) is 4.16. The van der Waals surface area contributed by atoms with Gasteiger partial charge in [-0.2, -0.15) is 0 Å². The number of nitrogens with one attached hydrogen (secondary N) is 1. The Hall–Kier alpha value is -3.34. The molecule has 1 heterocycles. The number of carbonyl (C=O) groups excluding carboxylic acids is 1. The summed E-state index contributed by atoms with van der Waals surface area (Å²) in [5.74, 6) is 1.17. The van der Waals surface area contributed by atoms with E-state index in [2.05, 4.69) is 42.3 Å². The topological polar surface area (TPSA) is 60.5 Å². The van der Waals surface area contributed by atoms with Crippen LogP contribution in [0.5, 0.6) is 11.5 Å². The van der Waals surface area contributed by atoms with E-state index in [1.54, 1.807) is 26.6 Å². The van der Waals surface area contributed by atoms with Crippen molar-refractivity contribution in [2.24, 2.45) is 0 Å². The van der Waals surface area contributed by atoms with Gasteiger partial charge in [0, 0.05) is 12.4 Å². The third kappa shape index (κ3) is 4.93. The van der Waals surface area contributed by atoms with E-state index < -0.39 is 0 Å². The molecule has 0 bridgehead atoms. The minimum absolute atomic E-state index is 0.0794. The minimum Gasteiger partial charge on any atom is -0.493 e. The standard InChI is InChI=1S/C24H26N2O3/c1-16-7-9-19(12-17(16)2)24(20-6-5-11-25-15-20)26-23(27)14-18-8-10-21(28-3)22(13-18)29-4/h5-13,15,24H,14H2,1-4H3,(H,26,27)/t24-/m1/s1. The molecule has 2 aromatic carbocycles. The van der Waals surface area contributed by atoms with Crippen LogP contribution in [0.25, 0.3) is 0 Å². The monoisotopic (exact) mass is 390 g/mol. The highest BCUT2D eigenvalue weighted by molar-refractivity contribution is 5.79. The molecular weight excluding hydrogens is 364 g/mol. The van der Waals surface area contributed by atoms with E-state index in [0.717, 1.165) is 16.7 Å². The molecule has 0 aliphatic carbocycles. The fourth-order valence-electron chi connectivity index (χ4n) is 3.24. The van der Waals surface area contributed by atoms with Crippen molar-refractivity contribution in [3.63, 3.8) is 0 Å². The van der Waals surface area contributed by atoms with Crippen LogP contribution in [0.1, 0.15) is 33.9 Å². The first-order valence-corrected chi connectivity index (χ1v) is 9.49. The molecule has 0 spiro atoms. The molecule has 1 N–H and O–H groups in total. The molecule has 1 atom stereocenters. The number of methoxy groups -OCH3 is 2. The van der Waals surface area contributed by atoms with Crippen LogP contribution in [-0.4, -0.2) is 25.1 Å². The highest BCUT2D eigenvalue weighted by atomic mass is 16.5. The van der Waals surface area contributed by atoms with Crippen LogP contribution in [0.15, 0.2) is 60.9 Å². The molecule has 5 nitrogen and oxygen atoms in total. The Morgan fingerprint density at radius 3 is 2.41 bits per heavy atom. The number of rotatable bonds is 7. The highest BCUT2D eigenvalue weighted by Gasteiger charge is 2.18. The normalized spacial score (nSPS) is 11.6. The fraction of sp³-hybridized carbons (Fsp3) is 0.250. The lowest BCUT2D eigenvalue weighted by atomic mass is 9.96. The van der Waals surface area contributed by atoms with E-state index in [9.17, 15) is 4.79 Å². The summed E-state index contributed by atoms with van der Waals surface area (Å²) >= 11 is 0. The number of hydrogen-bond donors (Lipinski definition) is 1. The Labute approximate surface area is 171 Å². The quantitative estimate of drug-likeness (QED) is 0.658. The van der Waals surface area contributed by atoms with E-state index in [1.807, 2.05) is 30.3 Å². The van der Waals surface area contributed by atoms with E-state index in [0.29, 0.717) is 11.5 Å². The van der Waals surface area contributed by atoms with Gasteiger partial charge in [-0.05, 0) is 59.9 Å². The molecule has 0 saturated heterocycles. The number of aryl methyl sites for hydroxylation is 2. The van der Waals surface area contributed by atoms with Crippen molar-refractivity contribution < 1.29 is 14.3 Å². The third-order valence-electron chi connectivity index (χ3n) is 5.00. The van der Waals surface area contributed by atoms with E-state index in [1.165, 1.54) is 11.1 Å². The molecular formula is C24H26N2O3. The summed E-state index contributed by atoms with van der Waals surface area (Å²) in [6.45, 7) is 4.15. The zero-order chi connectivity index (χ0) is 20.8. The van der Waals surface area contributed by atoms with Crippen LogP contribution in [-0.2, 0) is 11.2 Å². The Balaban J connectivity index is 1.84. The summed E-state index contributed by atoms with van der Waals surface area (Å²) in [6.07, 6.45) is 3.75. The van der Waals surface area contributed by atoms with Gasteiger partial charge in [-0.3, -0.25) is 9.78 Å². The molecule has 0 radical (unpaired) electrons.